The molecule has 0 radical (unpaired) electrons. The molecule has 7 nitrogen and oxygen atoms in total. The van der Waals surface area contributed by atoms with Crippen LogP contribution in [0.3, 0.4) is 0 Å². The molecule has 0 aliphatic heterocycles. The SMILES string of the molecule is CCC(=O)N(c1nnc(S[C@H](C)C(=O)Nc2sc3c(c2C#N)CCCCC3)s1)C1CC1. The van der Waals surface area contributed by atoms with Crippen LogP contribution in [0.4, 0.5) is 10.1 Å². The number of nitrogens with one attached hydrogen (secondary N) is 1. The first kappa shape index (κ1) is 22.2. The van der Waals surface area contributed by atoms with Crippen molar-refractivity contribution >= 4 is 56.4 Å². The number of carbonyl (C=O) groups excluding carboxylic acids is 2. The zero-order valence-electron chi connectivity index (χ0n) is 17.6. The zero-order chi connectivity index (χ0) is 22.0. The normalized spacial score (nSPS) is 16.7. The summed E-state index contributed by atoms with van der Waals surface area (Å²) in [6.07, 6.45) is 7.74. The van der Waals surface area contributed by atoms with Crippen LogP contribution in [0.2, 0.25) is 0 Å². The van der Waals surface area contributed by atoms with Gasteiger partial charge in [0.1, 0.15) is 11.1 Å². The maximum atomic E-state index is 12.8. The lowest BCUT2D eigenvalue weighted by Crippen LogP contribution is -2.32. The molecule has 2 aliphatic rings. The van der Waals surface area contributed by atoms with Gasteiger partial charge in [-0.05, 0) is 51.0 Å². The number of anilines is 2. The lowest BCUT2D eigenvalue weighted by Gasteiger charge is -2.17. The number of carbonyl (C=O) groups is 2. The highest BCUT2D eigenvalue weighted by Gasteiger charge is 2.35. The molecule has 10 heteroatoms. The van der Waals surface area contributed by atoms with Crippen LogP contribution >= 0.6 is 34.4 Å². The topological polar surface area (TPSA) is 99.0 Å². The van der Waals surface area contributed by atoms with Crippen LogP contribution in [0.5, 0.6) is 0 Å². The average Bonchev–Trinajstić information content (AvgIpc) is 3.46. The molecule has 31 heavy (non-hydrogen) atoms. The van der Waals surface area contributed by atoms with E-state index in [1.807, 2.05) is 13.8 Å². The number of hydrogen-bond donors (Lipinski definition) is 1. The number of thiophene rings is 1. The Morgan fingerprint density at radius 1 is 1.26 bits per heavy atom. The summed E-state index contributed by atoms with van der Waals surface area (Å²) < 4.78 is 0.662. The molecule has 2 aliphatic carbocycles. The minimum Gasteiger partial charge on any atom is -0.316 e. The van der Waals surface area contributed by atoms with Crippen LogP contribution in [-0.2, 0) is 22.4 Å². The summed E-state index contributed by atoms with van der Waals surface area (Å²) in [7, 11) is 0. The number of fused-ring (bicyclic) bond motifs is 1. The molecule has 0 saturated heterocycles. The van der Waals surface area contributed by atoms with E-state index in [2.05, 4.69) is 21.6 Å². The monoisotopic (exact) mass is 475 g/mol. The minimum atomic E-state index is -0.398. The molecule has 1 N–H and O–H groups in total. The van der Waals surface area contributed by atoms with Gasteiger partial charge in [-0.3, -0.25) is 14.5 Å². The number of aryl methyl sites for hydroxylation is 1. The first-order valence-corrected chi connectivity index (χ1v) is 13.2. The average molecular weight is 476 g/mol. The molecule has 1 fully saturated rings. The smallest absolute Gasteiger partial charge is 0.238 e. The van der Waals surface area contributed by atoms with Gasteiger partial charge in [0.25, 0.3) is 0 Å². The maximum absolute atomic E-state index is 12.8. The van der Waals surface area contributed by atoms with Gasteiger partial charge in [0.2, 0.25) is 16.9 Å². The molecule has 1 atom stereocenters. The Hall–Kier alpha value is -1.96. The summed E-state index contributed by atoms with van der Waals surface area (Å²) in [5, 5.41) is 21.9. The van der Waals surface area contributed by atoms with Crippen LogP contribution in [-0.4, -0.2) is 33.3 Å². The summed E-state index contributed by atoms with van der Waals surface area (Å²) in [5.41, 5.74) is 1.75. The Kier molecular flexibility index (Phi) is 6.94. The summed E-state index contributed by atoms with van der Waals surface area (Å²) in [6, 6.07) is 2.54. The van der Waals surface area contributed by atoms with Crippen molar-refractivity contribution in [2.45, 2.75) is 80.8 Å². The molecule has 0 spiro atoms. The number of hydrogen-bond acceptors (Lipinski definition) is 8. The molecule has 2 aromatic rings. The van der Waals surface area contributed by atoms with Gasteiger partial charge in [-0.25, -0.2) is 0 Å². The fourth-order valence-corrected chi connectivity index (χ4v) is 7.00. The number of rotatable bonds is 7. The standard InChI is InChI=1S/C21H25N5O2S3/c1-3-17(27)26(13-9-10-13)20-24-25-21(31-20)29-12(2)18(28)23-19-15(11-22)14-7-5-4-6-8-16(14)30-19/h12-13H,3-10H2,1-2H3,(H,23,28)/t12-/m1/s1. The Morgan fingerprint density at radius 3 is 2.74 bits per heavy atom. The highest BCUT2D eigenvalue weighted by molar-refractivity contribution is 8.02. The van der Waals surface area contributed by atoms with Gasteiger partial charge in [0, 0.05) is 17.3 Å². The Labute approximate surface area is 194 Å². The molecular formula is C21H25N5O2S3. The molecule has 4 rings (SSSR count). The van der Waals surface area contributed by atoms with Crippen molar-refractivity contribution in [3.05, 3.63) is 16.0 Å². The van der Waals surface area contributed by atoms with E-state index in [0.29, 0.717) is 26.5 Å². The fourth-order valence-electron chi connectivity index (χ4n) is 3.68. The summed E-state index contributed by atoms with van der Waals surface area (Å²) in [6.45, 7) is 3.67. The van der Waals surface area contributed by atoms with E-state index in [-0.39, 0.29) is 17.9 Å². The first-order chi connectivity index (χ1) is 15.0. The van der Waals surface area contributed by atoms with Crippen molar-refractivity contribution in [1.82, 2.24) is 10.2 Å². The van der Waals surface area contributed by atoms with Crippen molar-refractivity contribution in [2.75, 3.05) is 10.2 Å². The van der Waals surface area contributed by atoms with E-state index in [9.17, 15) is 14.9 Å². The fraction of sp³-hybridized carbons (Fsp3) is 0.571. The van der Waals surface area contributed by atoms with Crippen molar-refractivity contribution in [1.29, 1.82) is 5.26 Å². The van der Waals surface area contributed by atoms with Gasteiger partial charge in [-0.1, -0.05) is 36.4 Å². The predicted octanol–water partition coefficient (Wildman–Crippen LogP) is 4.76. The van der Waals surface area contributed by atoms with Gasteiger partial charge >= 0.3 is 0 Å². The van der Waals surface area contributed by atoms with Gasteiger partial charge in [-0.2, -0.15) is 5.26 Å². The molecule has 0 aromatic carbocycles. The molecule has 0 unspecified atom stereocenters. The van der Waals surface area contributed by atoms with Crippen LogP contribution < -0.4 is 10.2 Å². The molecule has 1 saturated carbocycles. The van der Waals surface area contributed by atoms with Crippen LogP contribution in [0.25, 0.3) is 0 Å². The number of amides is 2. The molecule has 2 amide bonds. The van der Waals surface area contributed by atoms with E-state index >= 15 is 0 Å². The second-order valence-corrected chi connectivity index (χ2v) is 11.5. The van der Waals surface area contributed by atoms with Gasteiger partial charge < -0.3 is 5.32 Å². The largest absolute Gasteiger partial charge is 0.316 e. The predicted molar refractivity (Wildman–Crippen MR) is 125 cm³/mol. The Balaban J connectivity index is 1.42. The number of nitriles is 1. The molecule has 2 aromatic heterocycles. The van der Waals surface area contributed by atoms with E-state index in [1.54, 1.807) is 16.2 Å². The maximum Gasteiger partial charge on any atom is 0.238 e. The lowest BCUT2D eigenvalue weighted by molar-refractivity contribution is -0.118. The minimum absolute atomic E-state index is 0.0579. The number of aromatic nitrogens is 2. The van der Waals surface area contributed by atoms with Crippen LogP contribution in [0, 0.1) is 11.3 Å². The second-order valence-electron chi connectivity index (χ2n) is 7.83. The van der Waals surface area contributed by atoms with E-state index in [1.165, 1.54) is 34.4 Å². The van der Waals surface area contributed by atoms with Crippen molar-refractivity contribution < 1.29 is 9.59 Å². The highest BCUT2D eigenvalue weighted by atomic mass is 32.2. The molecule has 0 bridgehead atoms. The molecule has 164 valence electrons. The molecular weight excluding hydrogens is 450 g/mol. The zero-order valence-corrected chi connectivity index (χ0v) is 20.1. The van der Waals surface area contributed by atoms with E-state index < -0.39 is 5.25 Å². The third-order valence-corrected chi connectivity index (χ3v) is 8.82. The van der Waals surface area contributed by atoms with Crippen LogP contribution in [0.15, 0.2) is 4.34 Å². The highest BCUT2D eigenvalue weighted by Crippen LogP contribution is 2.39. The third-order valence-electron chi connectivity index (χ3n) is 5.50. The molecule has 2 heterocycles. The first-order valence-electron chi connectivity index (χ1n) is 10.7. The number of nitrogens with zero attached hydrogens (tertiary/aromatic N) is 4. The van der Waals surface area contributed by atoms with Gasteiger partial charge in [0.15, 0.2) is 4.34 Å². The second kappa shape index (κ2) is 9.67. The van der Waals surface area contributed by atoms with Crippen molar-refractivity contribution in [3.8, 4) is 6.07 Å². The van der Waals surface area contributed by atoms with Crippen LogP contribution in [0.1, 0.15) is 68.4 Å². The number of thioether (sulfide) groups is 1. The van der Waals surface area contributed by atoms with E-state index in [4.69, 9.17) is 0 Å². The van der Waals surface area contributed by atoms with Gasteiger partial charge in [-0.15, -0.1) is 21.5 Å². The summed E-state index contributed by atoms with van der Waals surface area (Å²) >= 11 is 4.22. The third kappa shape index (κ3) is 4.94. The Bertz CT molecular complexity index is 1020. The van der Waals surface area contributed by atoms with E-state index in [0.717, 1.165) is 44.1 Å². The summed E-state index contributed by atoms with van der Waals surface area (Å²) in [4.78, 5) is 28.1. The van der Waals surface area contributed by atoms with Crippen molar-refractivity contribution in [3.63, 3.8) is 0 Å². The quantitative estimate of drug-likeness (QED) is 0.352. The van der Waals surface area contributed by atoms with Gasteiger partial charge in [0.05, 0.1) is 10.8 Å². The van der Waals surface area contributed by atoms with Crippen molar-refractivity contribution in [2.24, 2.45) is 0 Å². The Morgan fingerprint density at radius 2 is 2.03 bits per heavy atom. The lowest BCUT2D eigenvalue weighted by atomic mass is 10.1. The summed E-state index contributed by atoms with van der Waals surface area (Å²) in [5.74, 6) is -0.0965.